The highest BCUT2D eigenvalue weighted by molar-refractivity contribution is 7.18. The number of carbonyl (C=O) groups excluding carboxylic acids is 1. The normalized spacial score (nSPS) is 29.1. The summed E-state index contributed by atoms with van der Waals surface area (Å²) < 4.78 is 4.71. The van der Waals surface area contributed by atoms with Gasteiger partial charge in [0.2, 0.25) is 0 Å². The molecule has 5 nitrogen and oxygen atoms in total. The zero-order valence-electron chi connectivity index (χ0n) is 12.0. The van der Waals surface area contributed by atoms with Crippen LogP contribution < -0.4 is 4.90 Å². The minimum Gasteiger partial charge on any atom is -0.465 e. The van der Waals surface area contributed by atoms with E-state index >= 15 is 0 Å². The minimum absolute atomic E-state index is 0.200. The number of fused-ring (bicyclic) bond motifs is 1. The first kappa shape index (κ1) is 15.1. The van der Waals surface area contributed by atoms with Gasteiger partial charge in [-0.1, -0.05) is 35.8 Å². The number of anilines is 1. The summed E-state index contributed by atoms with van der Waals surface area (Å²) in [6, 6.07) is 0. The molecule has 0 spiro atoms. The van der Waals surface area contributed by atoms with Gasteiger partial charge in [-0.05, 0) is 19.3 Å². The Labute approximate surface area is 132 Å². The van der Waals surface area contributed by atoms with Crippen LogP contribution in [0.3, 0.4) is 0 Å². The van der Waals surface area contributed by atoms with Crippen LogP contribution in [0.2, 0.25) is 5.15 Å². The molecule has 7 heteroatoms. The van der Waals surface area contributed by atoms with Gasteiger partial charge in [-0.3, -0.25) is 0 Å². The molecule has 0 aromatic carbocycles. The molecule has 2 aliphatic rings. The second-order valence-electron chi connectivity index (χ2n) is 5.85. The fraction of sp³-hybridized carbons (Fsp3) is 0.714. The number of carbonyl (C=O) groups is 1. The summed E-state index contributed by atoms with van der Waals surface area (Å²) in [6.07, 6.45) is 4.99. The fourth-order valence-electron chi connectivity index (χ4n) is 3.39. The molecule has 21 heavy (non-hydrogen) atoms. The zero-order chi connectivity index (χ0) is 15.0. The van der Waals surface area contributed by atoms with Crippen LogP contribution in [0.4, 0.5) is 5.13 Å². The topological polar surface area (TPSA) is 62.7 Å². The molecule has 1 aliphatic carbocycles. The van der Waals surface area contributed by atoms with Crippen LogP contribution in [-0.2, 0) is 4.74 Å². The number of piperidine rings is 1. The summed E-state index contributed by atoms with van der Waals surface area (Å²) in [5, 5.41) is 11.6. The molecule has 116 valence electrons. The van der Waals surface area contributed by atoms with Crippen molar-refractivity contribution in [3.8, 4) is 0 Å². The van der Waals surface area contributed by atoms with Crippen molar-refractivity contribution in [2.24, 2.45) is 5.92 Å². The maximum Gasteiger partial charge on any atom is 0.351 e. The standard InChI is InChI=1S/C14H19ClN2O3S/c1-20-12(18)10-11(15)16-13(21-10)17-7-6-14(19)5-3-2-4-9(14)8-17/h9,19H,2-8H2,1H3. The Bertz CT molecular complexity index is 550. The molecule has 2 unspecified atom stereocenters. The molecule has 0 amide bonds. The van der Waals surface area contributed by atoms with Gasteiger partial charge in [0.1, 0.15) is 0 Å². The van der Waals surface area contributed by atoms with Crippen molar-refractivity contribution in [2.45, 2.75) is 37.7 Å². The van der Waals surface area contributed by atoms with Gasteiger partial charge < -0.3 is 14.7 Å². The van der Waals surface area contributed by atoms with Crippen LogP contribution in [0.25, 0.3) is 0 Å². The number of aromatic nitrogens is 1. The third-order valence-corrected chi connectivity index (χ3v) is 6.13. The Morgan fingerprint density at radius 3 is 3.10 bits per heavy atom. The quantitative estimate of drug-likeness (QED) is 0.845. The summed E-state index contributed by atoms with van der Waals surface area (Å²) in [5.74, 6) is -0.167. The van der Waals surface area contributed by atoms with E-state index in [1.54, 1.807) is 0 Å². The molecule has 2 fully saturated rings. The number of hydrogen-bond donors (Lipinski definition) is 1. The maximum absolute atomic E-state index is 11.6. The monoisotopic (exact) mass is 330 g/mol. The molecule has 3 rings (SSSR count). The number of methoxy groups -OCH3 is 1. The van der Waals surface area contributed by atoms with Crippen molar-refractivity contribution >= 4 is 34.0 Å². The van der Waals surface area contributed by atoms with Crippen LogP contribution in [0, 0.1) is 5.92 Å². The van der Waals surface area contributed by atoms with Gasteiger partial charge >= 0.3 is 5.97 Å². The lowest BCUT2D eigenvalue weighted by molar-refractivity contribution is -0.0612. The number of nitrogens with zero attached hydrogens (tertiary/aromatic N) is 2. The van der Waals surface area contributed by atoms with E-state index in [4.69, 9.17) is 16.3 Å². The van der Waals surface area contributed by atoms with E-state index < -0.39 is 11.6 Å². The van der Waals surface area contributed by atoms with Crippen molar-refractivity contribution in [2.75, 3.05) is 25.1 Å². The predicted octanol–water partition coefficient (Wildman–Crippen LogP) is 2.71. The van der Waals surface area contributed by atoms with Crippen LogP contribution in [0.1, 0.15) is 41.8 Å². The Morgan fingerprint density at radius 1 is 1.52 bits per heavy atom. The summed E-state index contributed by atoms with van der Waals surface area (Å²) in [5.41, 5.74) is -0.513. The van der Waals surface area contributed by atoms with Crippen LogP contribution in [-0.4, -0.2) is 41.9 Å². The summed E-state index contributed by atoms with van der Waals surface area (Å²) in [4.78, 5) is 18.4. The first-order valence-corrected chi connectivity index (χ1v) is 8.45. The average Bonchev–Trinajstić information content (AvgIpc) is 2.87. The number of thiazole rings is 1. The van der Waals surface area contributed by atoms with Gasteiger partial charge in [-0.25, -0.2) is 9.78 Å². The molecule has 2 atom stereocenters. The van der Waals surface area contributed by atoms with E-state index in [1.165, 1.54) is 24.9 Å². The predicted molar refractivity (Wildman–Crippen MR) is 82.2 cm³/mol. The largest absolute Gasteiger partial charge is 0.465 e. The molecule has 0 radical (unpaired) electrons. The summed E-state index contributed by atoms with van der Waals surface area (Å²) in [6.45, 7) is 1.53. The number of esters is 1. The number of aliphatic hydroxyl groups is 1. The van der Waals surface area contributed by atoms with Gasteiger partial charge in [-0.2, -0.15) is 0 Å². The molecular weight excluding hydrogens is 312 g/mol. The van der Waals surface area contributed by atoms with E-state index in [9.17, 15) is 9.90 Å². The molecular formula is C14H19ClN2O3S. The average molecular weight is 331 g/mol. The lowest BCUT2D eigenvalue weighted by Crippen LogP contribution is -2.53. The number of ether oxygens (including phenoxy) is 1. The Hall–Kier alpha value is -0.850. The SMILES string of the molecule is COC(=O)c1sc(N2CCC3(O)CCCCC3C2)nc1Cl. The maximum atomic E-state index is 11.6. The first-order chi connectivity index (χ1) is 10.0. The van der Waals surface area contributed by atoms with Gasteiger partial charge in [0.05, 0.1) is 12.7 Å². The van der Waals surface area contributed by atoms with Gasteiger partial charge in [0.25, 0.3) is 0 Å². The van der Waals surface area contributed by atoms with E-state index in [2.05, 4.69) is 9.88 Å². The zero-order valence-corrected chi connectivity index (χ0v) is 13.5. The number of hydrogen-bond acceptors (Lipinski definition) is 6. The highest BCUT2D eigenvalue weighted by Gasteiger charge is 2.43. The molecule has 1 aromatic rings. The second-order valence-corrected chi connectivity index (χ2v) is 7.19. The Kier molecular flexibility index (Phi) is 4.12. The minimum atomic E-state index is -0.513. The number of rotatable bonds is 2. The molecule has 0 bridgehead atoms. The molecule has 1 saturated carbocycles. The summed E-state index contributed by atoms with van der Waals surface area (Å²) >= 11 is 7.29. The van der Waals surface area contributed by atoms with E-state index in [0.717, 1.165) is 43.9 Å². The number of halogens is 1. The van der Waals surface area contributed by atoms with Gasteiger partial charge in [0.15, 0.2) is 15.2 Å². The highest BCUT2D eigenvalue weighted by atomic mass is 35.5. The van der Waals surface area contributed by atoms with Gasteiger partial charge in [-0.15, -0.1) is 0 Å². The lowest BCUT2D eigenvalue weighted by atomic mass is 9.71. The van der Waals surface area contributed by atoms with Crippen molar-refractivity contribution < 1.29 is 14.6 Å². The Balaban J connectivity index is 1.78. The van der Waals surface area contributed by atoms with Gasteiger partial charge in [0, 0.05) is 19.0 Å². The van der Waals surface area contributed by atoms with Crippen LogP contribution >= 0.6 is 22.9 Å². The summed E-state index contributed by atoms with van der Waals surface area (Å²) in [7, 11) is 1.33. The molecule has 1 aromatic heterocycles. The molecule has 2 heterocycles. The van der Waals surface area contributed by atoms with Crippen LogP contribution in [0.15, 0.2) is 0 Å². The van der Waals surface area contributed by atoms with Crippen molar-refractivity contribution in [1.29, 1.82) is 0 Å². The highest BCUT2D eigenvalue weighted by Crippen LogP contribution is 2.42. The van der Waals surface area contributed by atoms with E-state index in [-0.39, 0.29) is 11.1 Å². The van der Waals surface area contributed by atoms with E-state index in [1.807, 2.05) is 0 Å². The third-order valence-electron chi connectivity index (χ3n) is 4.64. The van der Waals surface area contributed by atoms with E-state index in [0.29, 0.717) is 4.88 Å². The lowest BCUT2D eigenvalue weighted by Gasteiger charge is -2.47. The van der Waals surface area contributed by atoms with Crippen molar-refractivity contribution in [3.63, 3.8) is 0 Å². The van der Waals surface area contributed by atoms with Crippen molar-refractivity contribution in [3.05, 3.63) is 10.0 Å². The smallest absolute Gasteiger partial charge is 0.351 e. The fourth-order valence-corrected chi connectivity index (χ4v) is 4.62. The molecule has 1 saturated heterocycles. The Morgan fingerprint density at radius 2 is 2.33 bits per heavy atom. The van der Waals surface area contributed by atoms with Crippen molar-refractivity contribution in [1.82, 2.24) is 4.98 Å². The second kappa shape index (κ2) is 5.74. The first-order valence-electron chi connectivity index (χ1n) is 7.25. The van der Waals surface area contributed by atoms with Crippen LogP contribution in [0.5, 0.6) is 0 Å². The molecule has 1 N–H and O–H groups in total. The molecule has 1 aliphatic heterocycles. The third kappa shape index (κ3) is 2.76.